The smallest absolute Gasteiger partial charge is 0.408 e. The molecule has 2 aromatic carbocycles. The summed E-state index contributed by atoms with van der Waals surface area (Å²) < 4.78 is 29.3. The minimum absolute atomic E-state index is 0.0636. The molecule has 2 aromatic heterocycles. The summed E-state index contributed by atoms with van der Waals surface area (Å²) in [6, 6.07) is 12.9. The molecule has 8 rings (SSSR count). The maximum absolute atomic E-state index is 14.8. The molecular formula is C37H35F2N5O4. The third-order valence-corrected chi connectivity index (χ3v) is 11.2. The van der Waals surface area contributed by atoms with Gasteiger partial charge in [-0.1, -0.05) is 31.7 Å². The van der Waals surface area contributed by atoms with E-state index in [1.807, 2.05) is 24.3 Å². The predicted octanol–water partition coefficient (Wildman–Crippen LogP) is 6.23. The summed E-state index contributed by atoms with van der Waals surface area (Å²) in [4.78, 5) is 52.8. The molecule has 2 fully saturated rings. The lowest BCUT2D eigenvalue weighted by Crippen LogP contribution is -2.72. The molecule has 1 saturated carbocycles. The van der Waals surface area contributed by atoms with Crippen LogP contribution in [0.25, 0.3) is 10.9 Å². The van der Waals surface area contributed by atoms with Crippen molar-refractivity contribution >= 4 is 34.6 Å². The number of benzene rings is 2. The number of carboxylic acid groups (broad SMARTS) is 1. The lowest BCUT2D eigenvalue weighted by Gasteiger charge is -2.56. The Morgan fingerprint density at radius 3 is 2.38 bits per heavy atom. The number of carbonyl (C=O) groups excluding carboxylic acids is 2. The van der Waals surface area contributed by atoms with E-state index >= 15 is 0 Å². The van der Waals surface area contributed by atoms with Crippen LogP contribution in [0.1, 0.15) is 73.3 Å². The van der Waals surface area contributed by atoms with Crippen LogP contribution in [-0.4, -0.2) is 54.9 Å². The fourth-order valence-corrected chi connectivity index (χ4v) is 8.76. The van der Waals surface area contributed by atoms with E-state index in [1.54, 1.807) is 24.2 Å². The Bertz CT molecular complexity index is 2010. The van der Waals surface area contributed by atoms with Gasteiger partial charge in [-0.05, 0) is 91.3 Å². The second kappa shape index (κ2) is 10.8. The molecule has 1 saturated heterocycles. The minimum atomic E-state index is -1.37. The zero-order valence-electron chi connectivity index (χ0n) is 26.6. The number of nitrogens with zero attached hydrogens (tertiary/aromatic N) is 4. The summed E-state index contributed by atoms with van der Waals surface area (Å²) in [7, 11) is 0. The molecule has 246 valence electrons. The second-order valence-corrected chi connectivity index (χ2v) is 14.1. The summed E-state index contributed by atoms with van der Waals surface area (Å²) >= 11 is 0. The number of anilines is 1. The standard InChI is InChI=1S/C37H35F2N5O4/c1-35(26-14-27(38)16-28(39)15-26)21-44(34(47)48)37(8-4-2-3-5-9-37)33(46)43(35)20-22-11-23-12-24-17-36(18-25(24)13-30(23)41-19-22)29-7-6-10-40-31(29)42-32(36)45/h6-7,10-16,19H,2-5,8-9,17-18,20-21H2,1H3,(H,47,48)(H,40,42,45)/t35-,36-/m0/s1. The number of carbonyl (C=O) groups is 3. The summed E-state index contributed by atoms with van der Waals surface area (Å²) in [5.41, 5.74) is 1.25. The first-order valence-electron chi connectivity index (χ1n) is 16.5. The van der Waals surface area contributed by atoms with Gasteiger partial charge in [0, 0.05) is 36.0 Å². The quantitative estimate of drug-likeness (QED) is 0.272. The van der Waals surface area contributed by atoms with E-state index in [9.17, 15) is 28.3 Å². The SMILES string of the molecule is C[C@@]1(c2cc(F)cc(F)c2)CN(C(=O)O)C2(CCCCCC2)C(=O)N1Cc1cnc2cc3c(cc2c1)C[C@@]1(C3)C(=O)Nc2ncccc21. The Kier molecular flexibility index (Phi) is 6.84. The Morgan fingerprint density at radius 1 is 0.958 bits per heavy atom. The van der Waals surface area contributed by atoms with Crippen molar-refractivity contribution in [1.29, 1.82) is 0 Å². The van der Waals surface area contributed by atoms with Gasteiger partial charge in [-0.25, -0.2) is 18.6 Å². The van der Waals surface area contributed by atoms with E-state index < -0.39 is 34.2 Å². The van der Waals surface area contributed by atoms with Gasteiger partial charge in [0.05, 0.1) is 23.0 Å². The Labute approximate surface area is 276 Å². The molecular weight excluding hydrogens is 616 g/mol. The number of halogens is 2. The van der Waals surface area contributed by atoms with Crippen LogP contribution in [0.15, 0.2) is 60.9 Å². The Hall–Kier alpha value is -4.93. The summed E-state index contributed by atoms with van der Waals surface area (Å²) in [5.74, 6) is -1.43. The predicted molar refractivity (Wildman–Crippen MR) is 173 cm³/mol. The fourth-order valence-electron chi connectivity index (χ4n) is 8.76. The van der Waals surface area contributed by atoms with Gasteiger partial charge in [-0.15, -0.1) is 0 Å². The molecule has 0 radical (unpaired) electrons. The van der Waals surface area contributed by atoms with Crippen molar-refractivity contribution in [3.05, 3.63) is 100 Å². The van der Waals surface area contributed by atoms with Crippen LogP contribution < -0.4 is 5.32 Å². The van der Waals surface area contributed by atoms with Gasteiger partial charge in [-0.3, -0.25) is 19.5 Å². The first-order chi connectivity index (χ1) is 23.0. The number of fused-ring (bicyclic) bond motifs is 4. The Morgan fingerprint density at radius 2 is 1.67 bits per heavy atom. The molecule has 11 heteroatoms. The monoisotopic (exact) mass is 651 g/mol. The van der Waals surface area contributed by atoms with Crippen LogP contribution in [0.4, 0.5) is 19.4 Å². The maximum atomic E-state index is 14.8. The van der Waals surface area contributed by atoms with Gasteiger partial charge in [0.15, 0.2) is 0 Å². The van der Waals surface area contributed by atoms with E-state index in [4.69, 9.17) is 4.98 Å². The van der Waals surface area contributed by atoms with Crippen molar-refractivity contribution in [3.8, 4) is 0 Å². The van der Waals surface area contributed by atoms with Crippen molar-refractivity contribution < 1.29 is 28.3 Å². The fraction of sp³-hybridized carbons (Fsp3) is 0.378. The topological polar surface area (TPSA) is 116 Å². The van der Waals surface area contributed by atoms with Crippen molar-refractivity contribution in [2.45, 2.75) is 81.3 Å². The summed E-state index contributed by atoms with van der Waals surface area (Å²) in [5, 5.41) is 14.2. The number of aromatic nitrogens is 2. The van der Waals surface area contributed by atoms with Crippen LogP contribution in [0.2, 0.25) is 0 Å². The second-order valence-electron chi connectivity index (χ2n) is 14.1. The normalized spacial score (nSPS) is 24.6. The highest BCUT2D eigenvalue weighted by Crippen LogP contribution is 2.48. The minimum Gasteiger partial charge on any atom is -0.465 e. The largest absolute Gasteiger partial charge is 0.465 e. The van der Waals surface area contributed by atoms with Gasteiger partial charge >= 0.3 is 6.09 Å². The van der Waals surface area contributed by atoms with E-state index in [0.717, 1.165) is 46.5 Å². The molecule has 4 aliphatic rings. The third-order valence-electron chi connectivity index (χ3n) is 11.2. The molecule has 48 heavy (non-hydrogen) atoms. The molecule has 2 spiro atoms. The number of hydrogen-bond acceptors (Lipinski definition) is 5. The van der Waals surface area contributed by atoms with Crippen molar-refractivity contribution in [2.24, 2.45) is 0 Å². The summed E-state index contributed by atoms with van der Waals surface area (Å²) in [6.07, 6.45) is 7.20. The number of pyridine rings is 2. The molecule has 4 aromatic rings. The average molecular weight is 652 g/mol. The van der Waals surface area contributed by atoms with Crippen LogP contribution in [0.5, 0.6) is 0 Å². The van der Waals surface area contributed by atoms with Gasteiger partial charge < -0.3 is 15.3 Å². The van der Waals surface area contributed by atoms with E-state index in [0.29, 0.717) is 49.9 Å². The molecule has 2 N–H and O–H groups in total. The number of piperazine rings is 1. The van der Waals surface area contributed by atoms with Gasteiger partial charge in [0.2, 0.25) is 11.8 Å². The number of rotatable bonds is 3. The lowest BCUT2D eigenvalue weighted by atomic mass is 9.77. The van der Waals surface area contributed by atoms with E-state index in [-0.39, 0.29) is 30.5 Å². The molecule has 2 aliphatic carbocycles. The van der Waals surface area contributed by atoms with Gasteiger partial charge in [0.25, 0.3) is 0 Å². The van der Waals surface area contributed by atoms with E-state index in [1.165, 1.54) is 17.0 Å². The molecule has 2 atom stereocenters. The van der Waals surface area contributed by atoms with Crippen molar-refractivity contribution in [3.63, 3.8) is 0 Å². The lowest BCUT2D eigenvalue weighted by molar-refractivity contribution is -0.165. The van der Waals surface area contributed by atoms with Crippen LogP contribution in [0.3, 0.4) is 0 Å². The van der Waals surface area contributed by atoms with E-state index in [2.05, 4.69) is 16.4 Å². The van der Waals surface area contributed by atoms with Gasteiger partial charge in [0.1, 0.15) is 23.0 Å². The molecule has 2 aliphatic heterocycles. The molecule has 3 amide bonds. The third kappa shape index (κ3) is 4.50. The first kappa shape index (κ1) is 30.4. The highest BCUT2D eigenvalue weighted by Gasteiger charge is 2.58. The van der Waals surface area contributed by atoms with Crippen LogP contribution in [-0.2, 0) is 39.9 Å². The number of hydrogen-bond donors (Lipinski definition) is 2. The van der Waals surface area contributed by atoms with Crippen molar-refractivity contribution in [2.75, 3.05) is 11.9 Å². The van der Waals surface area contributed by atoms with Gasteiger partial charge in [-0.2, -0.15) is 0 Å². The summed E-state index contributed by atoms with van der Waals surface area (Å²) in [6.45, 7) is 1.61. The maximum Gasteiger partial charge on any atom is 0.408 e. The molecule has 9 nitrogen and oxygen atoms in total. The molecule has 4 heterocycles. The highest BCUT2D eigenvalue weighted by atomic mass is 19.1. The first-order valence-corrected chi connectivity index (χ1v) is 16.5. The number of amides is 3. The Balaban J connectivity index is 1.19. The zero-order valence-corrected chi connectivity index (χ0v) is 26.6. The zero-order chi connectivity index (χ0) is 33.4. The average Bonchev–Trinajstić information content (AvgIpc) is 3.43. The van der Waals surface area contributed by atoms with Crippen LogP contribution in [0, 0.1) is 11.6 Å². The van der Waals surface area contributed by atoms with Crippen molar-refractivity contribution in [1.82, 2.24) is 19.8 Å². The number of nitrogens with one attached hydrogen (secondary N) is 1. The highest BCUT2D eigenvalue weighted by molar-refractivity contribution is 6.06. The van der Waals surface area contributed by atoms with Crippen LogP contribution >= 0.6 is 0 Å². The molecule has 0 unspecified atom stereocenters. The molecule has 0 bridgehead atoms.